The molecule has 3 nitrogen and oxygen atoms in total. The fraction of sp³-hybridized carbons (Fsp3) is 0.333. The number of amides is 2. The highest BCUT2D eigenvalue weighted by atomic mass is 32.2. The van der Waals surface area contributed by atoms with Gasteiger partial charge in [-0.05, 0) is 35.8 Å². The van der Waals surface area contributed by atoms with Gasteiger partial charge in [-0.2, -0.15) is 0 Å². The quantitative estimate of drug-likeness (QED) is 0.542. The number of benzene rings is 1. The predicted molar refractivity (Wildman–Crippen MR) is 91.1 cm³/mol. The smallest absolute Gasteiger partial charge is 0.253 e. The van der Waals surface area contributed by atoms with Crippen LogP contribution in [0, 0.1) is 0 Å². The van der Waals surface area contributed by atoms with E-state index in [-0.39, 0.29) is 11.8 Å². The Kier molecular flexibility index (Phi) is 4.78. The summed E-state index contributed by atoms with van der Waals surface area (Å²) < 4.78 is 0. The van der Waals surface area contributed by atoms with E-state index in [0.717, 1.165) is 25.0 Å². The molecule has 0 aromatic heterocycles. The number of nitrogens with zero attached hydrogens (tertiary/aromatic N) is 1. The Morgan fingerprint density at radius 3 is 2.41 bits per heavy atom. The molecule has 1 aliphatic carbocycles. The highest BCUT2D eigenvalue weighted by molar-refractivity contribution is 8.08. The Balaban J connectivity index is 1.25. The Bertz CT molecular complexity index is 630. The number of fused-ring (bicyclic) bond motifs is 1. The Hall–Kier alpha value is -1.81. The first-order valence-electron chi connectivity index (χ1n) is 7.73. The van der Waals surface area contributed by atoms with Gasteiger partial charge in [0, 0.05) is 23.6 Å². The van der Waals surface area contributed by atoms with Crippen LogP contribution in [-0.4, -0.2) is 29.0 Å². The molecule has 2 amide bonds. The zero-order valence-electron chi connectivity index (χ0n) is 12.5. The molecule has 0 fully saturated rings. The number of carbonyl (C=O) groups is 2. The molecule has 1 aliphatic heterocycles. The Morgan fingerprint density at radius 1 is 0.909 bits per heavy atom. The maximum atomic E-state index is 11.4. The lowest BCUT2D eigenvalue weighted by atomic mass is 9.98. The van der Waals surface area contributed by atoms with Gasteiger partial charge in [0.05, 0.1) is 0 Å². The molecule has 0 radical (unpaired) electrons. The van der Waals surface area contributed by atoms with Gasteiger partial charge in [0.2, 0.25) is 0 Å². The highest BCUT2D eigenvalue weighted by Gasteiger charge is 2.22. The molecule has 0 spiro atoms. The van der Waals surface area contributed by atoms with E-state index in [0.29, 0.717) is 6.54 Å². The maximum Gasteiger partial charge on any atom is 0.253 e. The van der Waals surface area contributed by atoms with Crippen molar-refractivity contribution >= 4 is 34.6 Å². The number of hydrogen-bond donors (Lipinski definition) is 0. The molecule has 0 saturated heterocycles. The summed E-state index contributed by atoms with van der Waals surface area (Å²) in [5.74, 6) is 0.788. The summed E-state index contributed by atoms with van der Waals surface area (Å²) in [6.45, 7) is 0.552. The molecule has 1 aromatic carbocycles. The van der Waals surface area contributed by atoms with Gasteiger partial charge >= 0.3 is 0 Å². The molecule has 0 bridgehead atoms. The number of imide groups is 1. The monoisotopic (exact) mass is 313 g/mol. The van der Waals surface area contributed by atoms with Crippen LogP contribution in [0.3, 0.4) is 0 Å². The number of hydrogen-bond acceptors (Lipinski definition) is 3. The van der Waals surface area contributed by atoms with Gasteiger partial charge in [-0.1, -0.05) is 37.1 Å². The van der Waals surface area contributed by atoms with Crippen LogP contribution in [0.5, 0.6) is 0 Å². The van der Waals surface area contributed by atoms with Crippen LogP contribution in [0.25, 0.3) is 11.0 Å². The largest absolute Gasteiger partial charge is 0.275 e. The fourth-order valence-corrected chi connectivity index (χ4v) is 3.79. The van der Waals surface area contributed by atoms with Crippen molar-refractivity contribution in [3.63, 3.8) is 0 Å². The summed E-state index contributed by atoms with van der Waals surface area (Å²) in [4.78, 5) is 25.5. The third-order valence-corrected chi connectivity index (χ3v) is 5.09. The molecule has 1 heterocycles. The lowest BCUT2D eigenvalue weighted by Crippen LogP contribution is -2.30. The van der Waals surface area contributed by atoms with E-state index in [4.69, 9.17) is 0 Å². The van der Waals surface area contributed by atoms with E-state index in [1.165, 1.54) is 39.5 Å². The topological polar surface area (TPSA) is 37.4 Å². The van der Waals surface area contributed by atoms with Crippen molar-refractivity contribution in [2.24, 2.45) is 0 Å². The molecule has 4 heteroatoms. The molecule has 114 valence electrons. The molecule has 0 atom stereocenters. The standard InChI is InChI=1S/C18H19NO2S/c20-17-9-10-18(21)19(17)11-5-1-2-6-12-22-16-13-14-7-3-4-8-15(14)16/h3-4,7-10,13H,1-2,5-6,11-12H2. The van der Waals surface area contributed by atoms with Crippen molar-refractivity contribution in [3.8, 4) is 0 Å². The molecule has 3 rings (SSSR count). The van der Waals surface area contributed by atoms with Gasteiger partial charge in [-0.15, -0.1) is 11.8 Å². The first-order chi connectivity index (χ1) is 10.8. The summed E-state index contributed by atoms with van der Waals surface area (Å²) in [6.07, 6.45) is 9.22. The average Bonchev–Trinajstić information content (AvgIpc) is 2.82. The van der Waals surface area contributed by atoms with E-state index >= 15 is 0 Å². The summed E-state index contributed by atoms with van der Waals surface area (Å²) in [5, 5.41) is 0. The van der Waals surface area contributed by atoms with Crippen LogP contribution in [0.4, 0.5) is 0 Å². The van der Waals surface area contributed by atoms with Crippen LogP contribution in [0.1, 0.15) is 36.8 Å². The molecular weight excluding hydrogens is 294 g/mol. The number of thioether (sulfide) groups is 1. The number of unbranched alkanes of at least 4 members (excludes halogenated alkanes) is 3. The molecule has 2 aliphatic rings. The van der Waals surface area contributed by atoms with E-state index in [1.54, 1.807) is 0 Å². The van der Waals surface area contributed by atoms with Crippen molar-refractivity contribution in [3.05, 3.63) is 47.5 Å². The van der Waals surface area contributed by atoms with Gasteiger partial charge in [0.1, 0.15) is 0 Å². The minimum Gasteiger partial charge on any atom is -0.275 e. The van der Waals surface area contributed by atoms with Crippen LogP contribution in [0.15, 0.2) is 36.4 Å². The second kappa shape index (κ2) is 6.97. The number of rotatable bonds is 8. The van der Waals surface area contributed by atoms with Crippen molar-refractivity contribution in [2.75, 3.05) is 12.3 Å². The Morgan fingerprint density at radius 2 is 1.64 bits per heavy atom. The first-order valence-corrected chi connectivity index (χ1v) is 8.72. The third kappa shape index (κ3) is 3.33. The van der Waals surface area contributed by atoms with E-state index in [1.807, 2.05) is 11.8 Å². The fourth-order valence-electron chi connectivity index (χ4n) is 2.67. The van der Waals surface area contributed by atoms with Crippen molar-refractivity contribution < 1.29 is 9.59 Å². The normalized spacial score (nSPS) is 15.8. The van der Waals surface area contributed by atoms with E-state index in [2.05, 4.69) is 30.3 Å². The second-order valence-corrected chi connectivity index (χ2v) is 6.66. The van der Waals surface area contributed by atoms with Crippen LogP contribution in [-0.2, 0) is 9.59 Å². The molecule has 1 aromatic rings. The molecule has 0 saturated carbocycles. The predicted octanol–water partition coefficient (Wildman–Crippen LogP) is 3.72. The molecule has 0 unspecified atom stereocenters. The average molecular weight is 313 g/mol. The van der Waals surface area contributed by atoms with Crippen molar-refractivity contribution in [2.45, 2.75) is 25.7 Å². The molecule has 0 N–H and O–H groups in total. The van der Waals surface area contributed by atoms with Gasteiger partial charge in [-0.3, -0.25) is 14.5 Å². The summed E-state index contributed by atoms with van der Waals surface area (Å²) in [6, 6.07) is 8.48. The van der Waals surface area contributed by atoms with Gasteiger partial charge in [0.25, 0.3) is 11.8 Å². The second-order valence-electron chi connectivity index (χ2n) is 5.52. The lowest BCUT2D eigenvalue weighted by molar-refractivity contribution is -0.136. The van der Waals surface area contributed by atoms with Gasteiger partial charge in [-0.25, -0.2) is 0 Å². The third-order valence-electron chi connectivity index (χ3n) is 3.95. The number of carbonyl (C=O) groups excluding carboxylic acids is 2. The minimum absolute atomic E-state index is 0.170. The molecular formula is C18H19NO2S. The SMILES string of the molecule is O=C1C=CC(=O)N1CCCCCCSC1=Cc2ccccc21. The van der Waals surface area contributed by atoms with Crippen LogP contribution >= 0.6 is 11.8 Å². The van der Waals surface area contributed by atoms with Crippen LogP contribution in [0.2, 0.25) is 0 Å². The van der Waals surface area contributed by atoms with Crippen molar-refractivity contribution in [1.82, 2.24) is 4.90 Å². The zero-order valence-corrected chi connectivity index (χ0v) is 13.3. The highest BCUT2D eigenvalue weighted by Crippen LogP contribution is 2.40. The summed E-state index contributed by atoms with van der Waals surface area (Å²) in [7, 11) is 0. The first kappa shape index (κ1) is 15.1. The maximum absolute atomic E-state index is 11.4. The minimum atomic E-state index is -0.170. The van der Waals surface area contributed by atoms with Crippen molar-refractivity contribution in [1.29, 1.82) is 0 Å². The zero-order chi connectivity index (χ0) is 15.4. The van der Waals surface area contributed by atoms with Crippen LogP contribution < -0.4 is 0 Å². The van der Waals surface area contributed by atoms with E-state index in [9.17, 15) is 9.59 Å². The summed E-state index contributed by atoms with van der Waals surface area (Å²) >= 11 is 1.92. The molecule has 22 heavy (non-hydrogen) atoms. The van der Waals surface area contributed by atoms with Gasteiger partial charge < -0.3 is 0 Å². The lowest BCUT2D eigenvalue weighted by Gasteiger charge is -2.19. The van der Waals surface area contributed by atoms with Gasteiger partial charge in [0.15, 0.2) is 0 Å². The Labute approximate surface area is 135 Å². The van der Waals surface area contributed by atoms with E-state index < -0.39 is 0 Å². The summed E-state index contributed by atoms with van der Waals surface area (Å²) in [5.41, 5.74) is 2.73.